The topological polar surface area (TPSA) is 118 Å². The molecular formula is C28H35FN10OS. The van der Waals surface area contributed by atoms with E-state index in [1.54, 1.807) is 18.6 Å². The van der Waals surface area contributed by atoms with Crippen LogP contribution in [0.25, 0.3) is 16.9 Å². The number of fused-ring (bicyclic) bond motifs is 1. The summed E-state index contributed by atoms with van der Waals surface area (Å²) in [5.41, 5.74) is 4.11. The first-order valence-corrected chi connectivity index (χ1v) is 14.3. The molecule has 5 heterocycles. The lowest BCUT2D eigenvalue weighted by Gasteiger charge is -2.23. The molecule has 0 aliphatic heterocycles. The van der Waals surface area contributed by atoms with E-state index in [4.69, 9.17) is 0 Å². The molecule has 0 saturated heterocycles. The lowest BCUT2D eigenvalue weighted by atomic mass is 10.3. The van der Waals surface area contributed by atoms with Crippen molar-refractivity contribution in [2.45, 2.75) is 60.7 Å². The number of imidazole rings is 1. The highest BCUT2D eigenvalue weighted by molar-refractivity contribution is 7.10. The number of nitrogens with one attached hydrogen (secondary N) is 2. The van der Waals surface area contributed by atoms with Crippen molar-refractivity contribution in [3.8, 4) is 11.3 Å². The third-order valence-corrected chi connectivity index (χ3v) is 6.94. The highest BCUT2D eigenvalue weighted by Gasteiger charge is 2.16. The van der Waals surface area contributed by atoms with Gasteiger partial charge in [0.05, 0.1) is 41.4 Å². The standard InChI is InChI=1S/C26H29FN10OS.C2H6/c1-5-35(16(2)3)14-19-8-24(39-34-19)33-25-26-29-11-22(37(26)12-17(4)31-25)18-9-30-36(13-18)15-23(38)32-21-6-7-28-10-20(21)27;1-2/h6-13,16H,5,14-15H2,1-4H3,(H,31,33)(H,28,32,38);1-2H3. The van der Waals surface area contributed by atoms with Crippen LogP contribution in [0.15, 0.2) is 49.3 Å². The summed E-state index contributed by atoms with van der Waals surface area (Å²) in [6.07, 6.45) is 9.52. The molecule has 0 atom stereocenters. The van der Waals surface area contributed by atoms with Crippen molar-refractivity contribution in [1.82, 2.24) is 38.4 Å². The van der Waals surface area contributed by atoms with Crippen molar-refractivity contribution in [3.63, 3.8) is 0 Å². The van der Waals surface area contributed by atoms with E-state index < -0.39 is 11.7 Å². The number of pyridine rings is 1. The Hall–Kier alpha value is -4.23. The molecule has 0 saturated carbocycles. The number of hydrogen-bond acceptors (Lipinski definition) is 9. The third-order valence-electron chi connectivity index (χ3n) is 6.20. The average Bonchev–Trinajstić information content (AvgIpc) is 3.70. The number of halogens is 1. The van der Waals surface area contributed by atoms with Crippen LogP contribution in [-0.2, 0) is 17.9 Å². The molecule has 41 heavy (non-hydrogen) atoms. The van der Waals surface area contributed by atoms with Crippen molar-refractivity contribution >= 4 is 39.6 Å². The summed E-state index contributed by atoms with van der Waals surface area (Å²) in [6.45, 7) is 14.1. The Morgan fingerprint density at radius 1 is 1.20 bits per heavy atom. The number of aromatic nitrogens is 7. The Kier molecular flexibility index (Phi) is 9.73. The predicted molar refractivity (Wildman–Crippen MR) is 160 cm³/mol. The first kappa shape index (κ1) is 29.7. The van der Waals surface area contributed by atoms with Crippen LogP contribution in [0, 0.1) is 12.7 Å². The Morgan fingerprint density at radius 2 is 2.00 bits per heavy atom. The van der Waals surface area contributed by atoms with E-state index in [9.17, 15) is 9.18 Å². The SMILES string of the molecule is CC.CCN(Cc1cc(Nc2nc(C)cn3c(-c4cnn(CC(=O)Nc5ccncc5F)c4)cnc23)sn1)C(C)C. The van der Waals surface area contributed by atoms with Gasteiger partial charge >= 0.3 is 0 Å². The molecule has 5 aromatic rings. The van der Waals surface area contributed by atoms with Gasteiger partial charge in [-0.1, -0.05) is 20.8 Å². The minimum Gasteiger partial charge on any atom is -0.328 e. The largest absolute Gasteiger partial charge is 0.328 e. The van der Waals surface area contributed by atoms with Gasteiger partial charge in [0.2, 0.25) is 5.91 Å². The fourth-order valence-corrected chi connectivity index (χ4v) is 4.89. The molecule has 0 bridgehead atoms. The van der Waals surface area contributed by atoms with Crippen LogP contribution in [0.4, 0.5) is 20.9 Å². The van der Waals surface area contributed by atoms with Gasteiger partial charge in [-0.05, 0) is 51.0 Å². The number of aryl methyl sites for hydroxylation is 1. The molecular weight excluding hydrogens is 543 g/mol. The quantitative estimate of drug-likeness (QED) is 0.222. The number of anilines is 3. The molecule has 5 rings (SSSR count). The van der Waals surface area contributed by atoms with Crippen molar-refractivity contribution in [2.24, 2.45) is 0 Å². The Morgan fingerprint density at radius 3 is 2.73 bits per heavy atom. The maximum Gasteiger partial charge on any atom is 0.246 e. The van der Waals surface area contributed by atoms with Gasteiger partial charge in [0, 0.05) is 36.7 Å². The molecule has 0 radical (unpaired) electrons. The molecule has 216 valence electrons. The zero-order valence-electron chi connectivity index (χ0n) is 24.1. The summed E-state index contributed by atoms with van der Waals surface area (Å²) in [6, 6.07) is 3.89. The summed E-state index contributed by atoms with van der Waals surface area (Å²) in [5, 5.41) is 11.1. The number of rotatable bonds is 10. The van der Waals surface area contributed by atoms with Crippen molar-refractivity contribution in [3.05, 3.63) is 66.5 Å². The lowest BCUT2D eigenvalue weighted by Crippen LogP contribution is -2.29. The summed E-state index contributed by atoms with van der Waals surface area (Å²) in [4.78, 5) is 27.7. The highest BCUT2D eigenvalue weighted by atomic mass is 32.1. The van der Waals surface area contributed by atoms with E-state index in [1.165, 1.54) is 28.5 Å². The molecule has 0 aliphatic carbocycles. The minimum absolute atomic E-state index is 0.0721. The van der Waals surface area contributed by atoms with E-state index in [0.29, 0.717) is 17.5 Å². The molecule has 0 aliphatic rings. The van der Waals surface area contributed by atoms with Gasteiger partial charge in [0.15, 0.2) is 17.3 Å². The van der Waals surface area contributed by atoms with Gasteiger partial charge in [0.25, 0.3) is 0 Å². The zero-order valence-corrected chi connectivity index (χ0v) is 24.9. The van der Waals surface area contributed by atoms with Gasteiger partial charge < -0.3 is 10.6 Å². The lowest BCUT2D eigenvalue weighted by molar-refractivity contribution is -0.116. The second-order valence-corrected chi connectivity index (χ2v) is 10.2. The summed E-state index contributed by atoms with van der Waals surface area (Å²) < 4.78 is 21.8. The number of nitrogens with zero attached hydrogens (tertiary/aromatic N) is 8. The van der Waals surface area contributed by atoms with Crippen LogP contribution in [0.3, 0.4) is 0 Å². The van der Waals surface area contributed by atoms with E-state index in [2.05, 4.69) is 60.7 Å². The zero-order chi connectivity index (χ0) is 29.5. The van der Waals surface area contributed by atoms with Crippen LogP contribution in [0.1, 0.15) is 46.0 Å². The van der Waals surface area contributed by atoms with Gasteiger partial charge in [-0.3, -0.25) is 23.8 Å². The molecule has 0 unspecified atom stereocenters. The maximum atomic E-state index is 13.8. The number of carbonyl (C=O) groups excluding carboxylic acids is 1. The summed E-state index contributed by atoms with van der Waals surface area (Å²) in [7, 11) is 0. The minimum atomic E-state index is -0.598. The predicted octanol–water partition coefficient (Wildman–Crippen LogP) is 5.53. The average molecular weight is 579 g/mol. The number of hydrogen-bond donors (Lipinski definition) is 2. The van der Waals surface area contributed by atoms with E-state index >= 15 is 0 Å². The van der Waals surface area contributed by atoms with Crippen LogP contribution < -0.4 is 10.6 Å². The van der Waals surface area contributed by atoms with E-state index in [1.807, 2.05) is 37.4 Å². The molecule has 0 spiro atoms. The van der Waals surface area contributed by atoms with Crippen molar-refractivity contribution in [1.29, 1.82) is 0 Å². The Balaban J connectivity index is 0.00000189. The number of carbonyl (C=O) groups is 1. The Labute approximate surface area is 242 Å². The van der Waals surface area contributed by atoms with Gasteiger partial charge in [-0.15, -0.1) is 0 Å². The molecule has 0 aromatic carbocycles. The van der Waals surface area contributed by atoms with Gasteiger partial charge in [0.1, 0.15) is 11.5 Å². The Bertz CT molecular complexity index is 1610. The second kappa shape index (κ2) is 13.4. The van der Waals surface area contributed by atoms with E-state index in [0.717, 1.165) is 46.9 Å². The molecule has 1 amide bonds. The van der Waals surface area contributed by atoms with Crippen molar-refractivity contribution in [2.75, 3.05) is 17.2 Å². The van der Waals surface area contributed by atoms with Gasteiger partial charge in [-0.2, -0.15) is 9.47 Å². The smallest absolute Gasteiger partial charge is 0.246 e. The molecule has 0 fully saturated rings. The summed E-state index contributed by atoms with van der Waals surface area (Å²) in [5.74, 6) is -0.378. The molecule has 2 N–H and O–H groups in total. The molecule has 13 heteroatoms. The van der Waals surface area contributed by atoms with Crippen LogP contribution in [0.5, 0.6) is 0 Å². The van der Waals surface area contributed by atoms with Crippen LogP contribution in [-0.4, -0.2) is 56.9 Å². The van der Waals surface area contributed by atoms with Crippen molar-refractivity contribution < 1.29 is 9.18 Å². The van der Waals surface area contributed by atoms with Crippen LogP contribution >= 0.6 is 11.5 Å². The molecule has 5 aromatic heterocycles. The van der Waals surface area contributed by atoms with Gasteiger partial charge in [-0.25, -0.2) is 14.4 Å². The van der Waals surface area contributed by atoms with E-state index in [-0.39, 0.29) is 12.2 Å². The monoisotopic (exact) mass is 578 g/mol. The maximum absolute atomic E-state index is 13.8. The first-order valence-electron chi connectivity index (χ1n) is 13.5. The third kappa shape index (κ3) is 7.11. The van der Waals surface area contributed by atoms with Crippen LogP contribution in [0.2, 0.25) is 0 Å². The normalized spacial score (nSPS) is 11.1. The summed E-state index contributed by atoms with van der Waals surface area (Å²) >= 11 is 1.39. The number of amides is 1. The highest BCUT2D eigenvalue weighted by Crippen LogP contribution is 2.28. The fourth-order valence-electron chi connectivity index (χ4n) is 4.23. The first-order chi connectivity index (χ1) is 19.8. The molecule has 11 nitrogen and oxygen atoms in total. The second-order valence-electron chi connectivity index (χ2n) is 9.36. The fraction of sp³-hybridized carbons (Fsp3) is 0.357.